The first-order valence-electron chi connectivity index (χ1n) is 11.9. The van der Waals surface area contributed by atoms with Gasteiger partial charge in [-0.2, -0.15) is 0 Å². The summed E-state index contributed by atoms with van der Waals surface area (Å²) in [5.41, 5.74) is 6.68. The molecule has 36 heavy (non-hydrogen) atoms. The Hall–Kier alpha value is -3.75. The molecule has 2 aliphatic rings. The number of rotatable bonds is 4. The number of aromatic nitrogens is 1. The van der Waals surface area contributed by atoms with Crippen LogP contribution in [0.5, 0.6) is 0 Å². The molecule has 3 heterocycles. The van der Waals surface area contributed by atoms with E-state index in [9.17, 15) is 9.59 Å². The number of amides is 2. The van der Waals surface area contributed by atoms with E-state index >= 15 is 0 Å². The summed E-state index contributed by atoms with van der Waals surface area (Å²) in [6, 6.07) is 17.9. The van der Waals surface area contributed by atoms with Crippen LogP contribution in [0.4, 0.5) is 11.4 Å². The molecule has 2 aliphatic heterocycles. The van der Waals surface area contributed by atoms with Gasteiger partial charge in [0.25, 0.3) is 11.8 Å². The van der Waals surface area contributed by atoms with Gasteiger partial charge in [0.05, 0.1) is 18.9 Å². The number of nitrogens with zero attached hydrogens (tertiary/aromatic N) is 3. The zero-order chi connectivity index (χ0) is 25.4. The standard InChI is InChI=1S/C28H28N4O3S/c1-18-4-6-24(7-5-18)32-27(34)25(26(33)29-28(32)36)17-21-16-19(2)31(20(21)3)23-10-8-22(9-11-23)30-12-14-35-15-13-30/h4-11,16-17H,12-15H2,1-3H3,(H,29,33,36)/b25-17+. The first-order valence-corrected chi connectivity index (χ1v) is 12.3. The maximum atomic E-state index is 13.4. The molecule has 5 rings (SSSR count). The molecular formula is C28H28N4O3S. The molecule has 3 aromatic rings. The van der Waals surface area contributed by atoms with Crippen LogP contribution in [-0.2, 0) is 14.3 Å². The second-order valence-corrected chi connectivity index (χ2v) is 9.46. The number of anilines is 2. The van der Waals surface area contributed by atoms with Crippen LogP contribution in [0, 0.1) is 20.8 Å². The van der Waals surface area contributed by atoms with Crippen molar-refractivity contribution in [2.45, 2.75) is 20.8 Å². The molecule has 7 nitrogen and oxygen atoms in total. The molecule has 1 N–H and O–H groups in total. The number of carbonyl (C=O) groups excluding carboxylic acids is 2. The molecule has 2 saturated heterocycles. The maximum Gasteiger partial charge on any atom is 0.270 e. The predicted octanol–water partition coefficient (Wildman–Crippen LogP) is 4.07. The molecule has 0 atom stereocenters. The number of benzene rings is 2. The molecule has 2 fully saturated rings. The Kier molecular flexibility index (Phi) is 6.47. The normalized spacial score (nSPS) is 17.6. The van der Waals surface area contributed by atoms with Gasteiger partial charge in [-0.3, -0.25) is 19.8 Å². The van der Waals surface area contributed by atoms with Gasteiger partial charge < -0.3 is 14.2 Å². The summed E-state index contributed by atoms with van der Waals surface area (Å²) in [4.78, 5) is 29.8. The Bertz CT molecular complexity index is 1370. The van der Waals surface area contributed by atoms with E-state index in [0.29, 0.717) is 5.69 Å². The SMILES string of the molecule is Cc1ccc(N2C(=O)/C(=C/c3cc(C)n(-c4ccc(N5CCOCC5)cc4)c3C)C(=O)NC2=S)cc1. The van der Waals surface area contributed by atoms with E-state index in [1.807, 2.05) is 51.1 Å². The van der Waals surface area contributed by atoms with Gasteiger partial charge in [0.15, 0.2) is 5.11 Å². The highest BCUT2D eigenvalue weighted by molar-refractivity contribution is 7.80. The van der Waals surface area contributed by atoms with Gasteiger partial charge in [0, 0.05) is 35.9 Å². The Labute approximate surface area is 216 Å². The van der Waals surface area contributed by atoms with Gasteiger partial charge in [-0.25, -0.2) is 0 Å². The molecule has 0 bridgehead atoms. The number of nitrogens with one attached hydrogen (secondary N) is 1. The topological polar surface area (TPSA) is 66.8 Å². The van der Waals surface area contributed by atoms with Crippen molar-refractivity contribution in [1.29, 1.82) is 0 Å². The lowest BCUT2D eigenvalue weighted by atomic mass is 10.1. The third-order valence-corrected chi connectivity index (χ3v) is 6.93. The molecular weight excluding hydrogens is 472 g/mol. The molecule has 0 unspecified atom stereocenters. The lowest BCUT2D eigenvalue weighted by Crippen LogP contribution is -2.54. The molecule has 2 amide bonds. The highest BCUT2D eigenvalue weighted by atomic mass is 32.1. The van der Waals surface area contributed by atoms with E-state index in [4.69, 9.17) is 17.0 Å². The quantitative estimate of drug-likeness (QED) is 0.332. The molecule has 0 aliphatic carbocycles. The highest BCUT2D eigenvalue weighted by Crippen LogP contribution is 2.27. The minimum atomic E-state index is -0.493. The van der Waals surface area contributed by atoms with Crippen LogP contribution in [0.15, 0.2) is 60.2 Å². The number of hydrogen-bond donors (Lipinski definition) is 1. The third kappa shape index (κ3) is 4.45. The van der Waals surface area contributed by atoms with Crippen molar-refractivity contribution in [2.24, 2.45) is 0 Å². The molecule has 0 saturated carbocycles. The molecule has 8 heteroatoms. The van der Waals surface area contributed by atoms with Crippen LogP contribution >= 0.6 is 12.2 Å². The van der Waals surface area contributed by atoms with Crippen LogP contribution in [0.25, 0.3) is 11.8 Å². The molecule has 0 spiro atoms. The number of hydrogen-bond acceptors (Lipinski definition) is 5. The summed E-state index contributed by atoms with van der Waals surface area (Å²) in [5, 5.41) is 2.74. The van der Waals surface area contributed by atoms with Crippen molar-refractivity contribution in [3.05, 3.63) is 82.7 Å². The summed E-state index contributed by atoms with van der Waals surface area (Å²) in [6.45, 7) is 9.24. The summed E-state index contributed by atoms with van der Waals surface area (Å²) in [7, 11) is 0. The predicted molar refractivity (Wildman–Crippen MR) is 146 cm³/mol. The summed E-state index contributed by atoms with van der Waals surface area (Å²) in [6.07, 6.45) is 1.65. The number of ether oxygens (including phenoxy) is 1. The largest absolute Gasteiger partial charge is 0.378 e. The Morgan fingerprint density at radius 3 is 2.17 bits per heavy atom. The summed E-state index contributed by atoms with van der Waals surface area (Å²) >= 11 is 5.32. The second kappa shape index (κ2) is 9.72. The average molecular weight is 501 g/mol. The van der Waals surface area contributed by atoms with Crippen molar-refractivity contribution in [2.75, 3.05) is 36.1 Å². The van der Waals surface area contributed by atoms with Crippen molar-refractivity contribution in [3.63, 3.8) is 0 Å². The van der Waals surface area contributed by atoms with E-state index in [-0.39, 0.29) is 10.7 Å². The zero-order valence-electron chi connectivity index (χ0n) is 20.6. The van der Waals surface area contributed by atoms with Crippen LogP contribution in [0.3, 0.4) is 0 Å². The Morgan fingerprint density at radius 2 is 1.50 bits per heavy atom. The van der Waals surface area contributed by atoms with Crippen LogP contribution in [-0.4, -0.2) is 47.8 Å². The van der Waals surface area contributed by atoms with Gasteiger partial charge in [0.2, 0.25) is 0 Å². The van der Waals surface area contributed by atoms with E-state index in [0.717, 1.165) is 54.5 Å². The zero-order valence-corrected chi connectivity index (χ0v) is 21.4. The van der Waals surface area contributed by atoms with Gasteiger partial charge in [0.1, 0.15) is 5.57 Å². The van der Waals surface area contributed by atoms with Gasteiger partial charge in [-0.1, -0.05) is 17.7 Å². The van der Waals surface area contributed by atoms with E-state index in [1.54, 1.807) is 6.08 Å². The highest BCUT2D eigenvalue weighted by Gasteiger charge is 2.34. The average Bonchev–Trinajstić information content (AvgIpc) is 3.16. The Morgan fingerprint density at radius 1 is 0.889 bits per heavy atom. The lowest BCUT2D eigenvalue weighted by Gasteiger charge is -2.29. The molecule has 0 radical (unpaired) electrons. The van der Waals surface area contributed by atoms with Crippen LogP contribution < -0.4 is 15.1 Å². The smallest absolute Gasteiger partial charge is 0.270 e. The second-order valence-electron chi connectivity index (χ2n) is 9.07. The minimum Gasteiger partial charge on any atom is -0.378 e. The van der Waals surface area contributed by atoms with Crippen molar-refractivity contribution >= 4 is 46.6 Å². The number of aryl methyl sites for hydroxylation is 2. The molecule has 184 valence electrons. The fourth-order valence-electron chi connectivity index (χ4n) is 4.71. The number of morpholine rings is 1. The number of thiocarbonyl (C=S) groups is 1. The van der Waals surface area contributed by atoms with E-state index in [2.05, 4.69) is 39.0 Å². The van der Waals surface area contributed by atoms with Gasteiger partial charge in [-0.05, 0) is 87.1 Å². The first kappa shape index (κ1) is 24.0. The van der Waals surface area contributed by atoms with Crippen molar-refractivity contribution < 1.29 is 14.3 Å². The number of carbonyl (C=O) groups is 2. The van der Waals surface area contributed by atoms with Gasteiger partial charge in [-0.15, -0.1) is 0 Å². The molecule has 2 aromatic carbocycles. The minimum absolute atomic E-state index is 0.0482. The van der Waals surface area contributed by atoms with Crippen LogP contribution in [0.1, 0.15) is 22.5 Å². The summed E-state index contributed by atoms with van der Waals surface area (Å²) in [5.74, 6) is -0.930. The maximum absolute atomic E-state index is 13.4. The van der Waals surface area contributed by atoms with Crippen molar-refractivity contribution in [3.8, 4) is 5.69 Å². The van der Waals surface area contributed by atoms with Gasteiger partial charge >= 0.3 is 0 Å². The van der Waals surface area contributed by atoms with E-state index in [1.165, 1.54) is 10.6 Å². The lowest BCUT2D eigenvalue weighted by molar-refractivity contribution is -0.122. The first-order chi connectivity index (χ1) is 17.3. The molecule has 1 aromatic heterocycles. The van der Waals surface area contributed by atoms with E-state index < -0.39 is 11.8 Å². The fourth-order valence-corrected chi connectivity index (χ4v) is 4.99. The fraction of sp³-hybridized carbons (Fsp3) is 0.250. The van der Waals surface area contributed by atoms with Crippen molar-refractivity contribution in [1.82, 2.24) is 9.88 Å². The van der Waals surface area contributed by atoms with Crippen LogP contribution in [0.2, 0.25) is 0 Å². The third-order valence-electron chi connectivity index (χ3n) is 6.65. The monoisotopic (exact) mass is 500 g/mol. The Balaban J connectivity index is 1.46. The summed E-state index contributed by atoms with van der Waals surface area (Å²) < 4.78 is 7.58.